The van der Waals surface area contributed by atoms with E-state index in [1.165, 1.54) is 0 Å². The summed E-state index contributed by atoms with van der Waals surface area (Å²) in [6.07, 6.45) is 0.688. The van der Waals surface area contributed by atoms with Crippen molar-refractivity contribution >= 4 is 28.8 Å². The predicted octanol–water partition coefficient (Wildman–Crippen LogP) is 2.34. The van der Waals surface area contributed by atoms with E-state index in [1.54, 1.807) is 18.2 Å². The van der Waals surface area contributed by atoms with E-state index in [9.17, 15) is 9.90 Å². The molecule has 2 aromatic rings. The maximum atomic E-state index is 10.4. The summed E-state index contributed by atoms with van der Waals surface area (Å²) in [5, 5.41) is 10.3. The van der Waals surface area contributed by atoms with Crippen molar-refractivity contribution in [2.45, 2.75) is 0 Å². The summed E-state index contributed by atoms with van der Waals surface area (Å²) in [6, 6.07) is 4.85. The summed E-state index contributed by atoms with van der Waals surface area (Å²) < 4.78 is 0. The van der Waals surface area contributed by atoms with Gasteiger partial charge in [-0.15, -0.1) is 0 Å². The van der Waals surface area contributed by atoms with E-state index >= 15 is 0 Å². The van der Waals surface area contributed by atoms with Gasteiger partial charge in [-0.1, -0.05) is 11.6 Å². The highest BCUT2D eigenvalue weighted by atomic mass is 35.5. The minimum Gasteiger partial charge on any atom is -0.506 e. The summed E-state index contributed by atoms with van der Waals surface area (Å²) in [6.45, 7) is 0. The van der Waals surface area contributed by atoms with Crippen LogP contribution < -0.4 is 0 Å². The number of hydrogen-bond acceptors (Lipinski definition) is 2. The summed E-state index contributed by atoms with van der Waals surface area (Å²) in [7, 11) is 0. The van der Waals surface area contributed by atoms with Gasteiger partial charge in [-0.2, -0.15) is 0 Å². The lowest BCUT2D eigenvalue weighted by Gasteiger charge is -1.96. The summed E-state index contributed by atoms with van der Waals surface area (Å²) >= 11 is 5.69. The normalized spacial score (nSPS) is 10.5. The molecule has 0 aliphatic rings. The molecule has 0 atom stereocenters. The number of aromatic hydroxyl groups is 1. The van der Waals surface area contributed by atoms with Crippen LogP contribution in [0.1, 0.15) is 10.5 Å². The van der Waals surface area contributed by atoms with Crippen LogP contribution in [0.4, 0.5) is 0 Å². The molecule has 0 spiro atoms. The SMILES string of the molecule is O=Cc1cc2c(O)c(Cl)ccc2[nH]1. The number of phenolic OH excluding ortho intramolecular Hbond substituents is 1. The standard InChI is InChI=1S/C9H6ClNO2/c10-7-1-2-8-6(9(7)13)3-5(4-12)11-8/h1-4,11,13H. The van der Waals surface area contributed by atoms with Gasteiger partial charge < -0.3 is 10.1 Å². The summed E-state index contributed by atoms with van der Waals surface area (Å²) in [5.41, 5.74) is 1.12. The van der Waals surface area contributed by atoms with Gasteiger partial charge in [0, 0.05) is 10.9 Å². The molecule has 4 heteroatoms. The second-order valence-electron chi connectivity index (χ2n) is 2.70. The Kier molecular flexibility index (Phi) is 1.74. The third kappa shape index (κ3) is 1.17. The fraction of sp³-hybridized carbons (Fsp3) is 0. The maximum absolute atomic E-state index is 10.4. The average molecular weight is 196 g/mol. The lowest BCUT2D eigenvalue weighted by atomic mass is 10.2. The Morgan fingerprint density at radius 3 is 2.92 bits per heavy atom. The Morgan fingerprint density at radius 2 is 2.23 bits per heavy atom. The largest absolute Gasteiger partial charge is 0.506 e. The van der Waals surface area contributed by atoms with Crippen molar-refractivity contribution in [3.63, 3.8) is 0 Å². The Hall–Kier alpha value is -1.48. The number of halogens is 1. The molecule has 0 saturated carbocycles. The molecule has 0 aliphatic heterocycles. The van der Waals surface area contributed by atoms with Gasteiger partial charge in [-0.3, -0.25) is 4.79 Å². The molecule has 1 heterocycles. The number of aromatic amines is 1. The molecule has 13 heavy (non-hydrogen) atoms. The van der Waals surface area contributed by atoms with Crippen molar-refractivity contribution < 1.29 is 9.90 Å². The first-order valence-corrected chi connectivity index (χ1v) is 4.05. The van der Waals surface area contributed by atoms with Gasteiger partial charge >= 0.3 is 0 Å². The first-order valence-electron chi connectivity index (χ1n) is 3.68. The molecule has 3 nitrogen and oxygen atoms in total. The Balaban J connectivity index is 2.83. The number of hydrogen-bond donors (Lipinski definition) is 2. The third-order valence-electron chi connectivity index (χ3n) is 1.87. The molecule has 1 aromatic carbocycles. The van der Waals surface area contributed by atoms with Gasteiger partial charge in [0.2, 0.25) is 0 Å². The molecule has 2 rings (SSSR count). The number of fused-ring (bicyclic) bond motifs is 1. The number of rotatable bonds is 1. The fourth-order valence-electron chi connectivity index (χ4n) is 1.25. The maximum Gasteiger partial charge on any atom is 0.166 e. The number of aldehydes is 1. The monoisotopic (exact) mass is 195 g/mol. The molecule has 2 N–H and O–H groups in total. The molecular formula is C9H6ClNO2. The minimum absolute atomic E-state index is 0.00326. The number of phenols is 1. The molecule has 0 radical (unpaired) electrons. The van der Waals surface area contributed by atoms with Crippen LogP contribution in [0, 0.1) is 0 Å². The third-order valence-corrected chi connectivity index (χ3v) is 2.18. The number of aromatic nitrogens is 1. The molecule has 0 aliphatic carbocycles. The van der Waals surface area contributed by atoms with Crippen molar-refractivity contribution in [3.05, 3.63) is 28.9 Å². The quantitative estimate of drug-likeness (QED) is 0.687. The second-order valence-corrected chi connectivity index (χ2v) is 3.11. The minimum atomic E-state index is 0.00326. The van der Waals surface area contributed by atoms with Gasteiger partial charge in [-0.25, -0.2) is 0 Å². The first-order chi connectivity index (χ1) is 6.22. The number of nitrogens with one attached hydrogen (secondary N) is 1. The second kappa shape index (κ2) is 2.78. The van der Waals surface area contributed by atoms with E-state index in [0.717, 1.165) is 0 Å². The van der Waals surface area contributed by atoms with Gasteiger partial charge in [-0.05, 0) is 18.2 Å². The molecule has 0 saturated heterocycles. The lowest BCUT2D eigenvalue weighted by Crippen LogP contribution is -1.74. The number of carbonyl (C=O) groups is 1. The highest BCUT2D eigenvalue weighted by Gasteiger charge is 2.07. The molecule has 0 amide bonds. The summed E-state index contributed by atoms with van der Waals surface area (Å²) in [5.74, 6) is 0.00326. The predicted molar refractivity (Wildman–Crippen MR) is 50.4 cm³/mol. The van der Waals surface area contributed by atoms with E-state index in [1.807, 2.05) is 0 Å². The Labute approximate surface area is 78.9 Å². The highest BCUT2D eigenvalue weighted by molar-refractivity contribution is 6.33. The van der Waals surface area contributed by atoms with Crippen molar-refractivity contribution in [2.75, 3.05) is 0 Å². The van der Waals surface area contributed by atoms with Gasteiger partial charge in [0.15, 0.2) is 6.29 Å². The van der Waals surface area contributed by atoms with E-state index in [2.05, 4.69) is 4.98 Å². The van der Waals surface area contributed by atoms with Gasteiger partial charge in [0.05, 0.1) is 10.7 Å². The molecule has 0 fully saturated rings. The molecule has 66 valence electrons. The smallest absolute Gasteiger partial charge is 0.166 e. The summed E-state index contributed by atoms with van der Waals surface area (Å²) in [4.78, 5) is 13.3. The van der Waals surface area contributed by atoms with Crippen LogP contribution in [-0.4, -0.2) is 16.4 Å². The van der Waals surface area contributed by atoms with E-state index in [0.29, 0.717) is 22.9 Å². The Bertz CT molecular complexity index is 476. The van der Waals surface area contributed by atoms with Crippen molar-refractivity contribution in [1.82, 2.24) is 4.98 Å². The van der Waals surface area contributed by atoms with E-state index in [4.69, 9.17) is 11.6 Å². The number of H-pyrrole nitrogens is 1. The zero-order valence-corrected chi connectivity index (χ0v) is 7.30. The van der Waals surface area contributed by atoms with Crippen molar-refractivity contribution in [2.24, 2.45) is 0 Å². The Morgan fingerprint density at radius 1 is 1.46 bits per heavy atom. The molecular weight excluding hydrogens is 190 g/mol. The molecule has 0 bridgehead atoms. The van der Waals surface area contributed by atoms with E-state index < -0.39 is 0 Å². The van der Waals surface area contributed by atoms with E-state index in [-0.39, 0.29) is 10.8 Å². The van der Waals surface area contributed by atoms with Crippen LogP contribution in [0.5, 0.6) is 5.75 Å². The number of carbonyl (C=O) groups excluding carboxylic acids is 1. The zero-order valence-electron chi connectivity index (χ0n) is 6.54. The van der Waals surface area contributed by atoms with Crippen molar-refractivity contribution in [3.8, 4) is 5.75 Å². The first kappa shape index (κ1) is 8.13. The zero-order chi connectivity index (χ0) is 9.42. The van der Waals surface area contributed by atoms with Crippen LogP contribution >= 0.6 is 11.6 Å². The van der Waals surface area contributed by atoms with Crippen LogP contribution in [0.2, 0.25) is 5.02 Å². The molecule has 0 unspecified atom stereocenters. The average Bonchev–Trinajstić information content (AvgIpc) is 2.55. The van der Waals surface area contributed by atoms with Gasteiger partial charge in [0.25, 0.3) is 0 Å². The van der Waals surface area contributed by atoms with Crippen LogP contribution in [0.15, 0.2) is 18.2 Å². The number of benzene rings is 1. The van der Waals surface area contributed by atoms with Crippen LogP contribution in [0.25, 0.3) is 10.9 Å². The fourth-order valence-corrected chi connectivity index (χ4v) is 1.41. The highest BCUT2D eigenvalue weighted by Crippen LogP contribution is 2.32. The van der Waals surface area contributed by atoms with Crippen LogP contribution in [0.3, 0.4) is 0 Å². The molecule has 1 aromatic heterocycles. The van der Waals surface area contributed by atoms with Crippen molar-refractivity contribution in [1.29, 1.82) is 0 Å². The van der Waals surface area contributed by atoms with Gasteiger partial charge in [0.1, 0.15) is 5.75 Å². The lowest BCUT2D eigenvalue weighted by molar-refractivity contribution is 0.112. The topological polar surface area (TPSA) is 53.1 Å². The van der Waals surface area contributed by atoms with Crippen LogP contribution in [-0.2, 0) is 0 Å².